The summed E-state index contributed by atoms with van der Waals surface area (Å²) in [6.45, 7) is 3.08. The van der Waals surface area contributed by atoms with E-state index in [9.17, 15) is 49.4 Å². The maximum atomic E-state index is 13.5. The van der Waals surface area contributed by atoms with Crippen LogP contribution >= 0.6 is 0 Å². The topological polar surface area (TPSA) is 49.8 Å². The first-order valence-corrected chi connectivity index (χ1v) is 11.1. The Labute approximate surface area is 205 Å². The standard InChI is InChI=1S/C24H22F9NO3/c1-3-16-11-18(20(35)12-7-14(23(28,29)30)9-15(8-12)24(31,32)33)17-10-13(22(25,26)27)5-6-19(17)34(16)21(36)37-4-2/h5-10,16,18,20,35H,3-4,11H2,1-2H3/t16-,18?,20?/m0/s1. The Bertz CT molecular complexity index is 1110. The number of fused-ring (bicyclic) bond motifs is 1. The highest BCUT2D eigenvalue weighted by Crippen LogP contribution is 2.48. The molecule has 0 fully saturated rings. The van der Waals surface area contributed by atoms with E-state index in [2.05, 4.69) is 0 Å². The minimum absolute atomic E-state index is 0.0573. The quantitative estimate of drug-likeness (QED) is 0.402. The second-order valence-corrected chi connectivity index (χ2v) is 8.53. The van der Waals surface area contributed by atoms with Gasteiger partial charge in [0.25, 0.3) is 0 Å². The number of ether oxygens (including phenoxy) is 1. The molecule has 0 saturated carbocycles. The van der Waals surface area contributed by atoms with Crippen LogP contribution in [-0.4, -0.2) is 23.8 Å². The van der Waals surface area contributed by atoms with Gasteiger partial charge in [-0.25, -0.2) is 4.79 Å². The highest BCUT2D eigenvalue weighted by atomic mass is 19.4. The van der Waals surface area contributed by atoms with E-state index in [-0.39, 0.29) is 36.8 Å². The second kappa shape index (κ2) is 10.1. The van der Waals surface area contributed by atoms with Gasteiger partial charge < -0.3 is 9.84 Å². The van der Waals surface area contributed by atoms with Gasteiger partial charge in [0.05, 0.1) is 35.1 Å². The molecule has 0 bridgehead atoms. The summed E-state index contributed by atoms with van der Waals surface area (Å²) in [5.41, 5.74) is -5.62. The zero-order valence-electron chi connectivity index (χ0n) is 19.4. The third kappa shape index (κ3) is 5.97. The van der Waals surface area contributed by atoms with E-state index < -0.39 is 64.9 Å². The maximum absolute atomic E-state index is 13.5. The number of nitrogens with zero attached hydrogens (tertiary/aromatic N) is 1. The average Bonchev–Trinajstić information content (AvgIpc) is 2.80. The van der Waals surface area contributed by atoms with Gasteiger partial charge in [-0.1, -0.05) is 6.92 Å². The first-order chi connectivity index (χ1) is 17.0. The van der Waals surface area contributed by atoms with Gasteiger partial charge in [-0.3, -0.25) is 4.90 Å². The van der Waals surface area contributed by atoms with Crippen LogP contribution in [0.1, 0.15) is 66.5 Å². The molecular weight excluding hydrogens is 521 g/mol. The fraction of sp³-hybridized carbons (Fsp3) is 0.458. The Morgan fingerprint density at radius 1 is 0.919 bits per heavy atom. The molecule has 0 aromatic heterocycles. The number of amides is 1. The number of anilines is 1. The fourth-order valence-corrected chi connectivity index (χ4v) is 4.44. The van der Waals surface area contributed by atoms with Gasteiger partial charge in [-0.15, -0.1) is 0 Å². The average molecular weight is 543 g/mol. The number of alkyl halides is 9. The second-order valence-electron chi connectivity index (χ2n) is 8.53. The molecule has 13 heteroatoms. The fourth-order valence-electron chi connectivity index (χ4n) is 4.44. The summed E-state index contributed by atoms with van der Waals surface area (Å²) in [6.07, 6.45) is -18.2. The summed E-state index contributed by atoms with van der Waals surface area (Å²) in [5, 5.41) is 11.1. The van der Waals surface area contributed by atoms with Crippen LogP contribution in [0.25, 0.3) is 0 Å². The lowest BCUT2D eigenvalue weighted by Gasteiger charge is -2.41. The molecule has 4 nitrogen and oxygen atoms in total. The van der Waals surface area contributed by atoms with Crippen LogP contribution in [0, 0.1) is 0 Å². The third-order valence-corrected chi connectivity index (χ3v) is 6.17. The Morgan fingerprint density at radius 3 is 1.92 bits per heavy atom. The molecular formula is C24H22F9NO3. The molecule has 3 atom stereocenters. The molecule has 2 aromatic rings. The molecule has 2 aromatic carbocycles. The van der Waals surface area contributed by atoms with Crippen molar-refractivity contribution in [3.63, 3.8) is 0 Å². The maximum Gasteiger partial charge on any atom is 0.416 e. The lowest BCUT2D eigenvalue weighted by Crippen LogP contribution is -2.45. The minimum Gasteiger partial charge on any atom is -0.449 e. The SMILES string of the molecule is CCOC(=O)N1c2ccc(C(F)(F)F)cc2C(C(O)c2cc(C(F)(F)F)cc(C(F)(F)F)c2)C[C@@H]1CC. The molecule has 0 spiro atoms. The lowest BCUT2D eigenvalue weighted by molar-refractivity contribution is -0.143. The smallest absolute Gasteiger partial charge is 0.416 e. The van der Waals surface area contributed by atoms with Gasteiger partial charge in [0, 0.05) is 12.0 Å². The number of halogens is 9. The van der Waals surface area contributed by atoms with Gasteiger partial charge >= 0.3 is 24.6 Å². The molecule has 0 radical (unpaired) electrons. The van der Waals surface area contributed by atoms with Crippen LogP contribution in [0.4, 0.5) is 50.0 Å². The summed E-state index contributed by atoms with van der Waals surface area (Å²) in [6, 6.07) is 2.11. The van der Waals surface area contributed by atoms with Crippen LogP contribution in [0.15, 0.2) is 36.4 Å². The lowest BCUT2D eigenvalue weighted by atomic mass is 9.78. The first kappa shape index (κ1) is 28.6. The number of aliphatic hydroxyl groups excluding tert-OH is 1. The summed E-state index contributed by atoms with van der Waals surface area (Å²) >= 11 is 0. The Kier molecular flexibility index (Phi) is 7.79. The van der Waals surface area contributed by atoms with Crippen molar-refractivity contribution in [2.24, 2.45) is 0 Å². The van der Waals surface area contributed by atoms with Crippen LogP contribution in [0.2, 0.25) is 0 Å². The van der Waals surface area contributed by atoms with Crippen LogP contribution in [0.3, 0.4) is 0 Å². The van der Waals surface area contributed by atoms with Crippen molar-refractivity contribution < 1.29 is 54.2 Å². The molecule has 1 heterocycles. The zero-order valence-corrected chi connectivity index (χ0v) is 19.4. The Hall–Kier alpha value is -2.96. The molecule has 1 N–H and O–H groups in total. The number of hydrogen-bond donors (Lipinski definition) is 1. The molecule has 1 aliphatic heterocycles. The molecule has 37 heavy (non-hydrogen) atoms. The van der Waals surface area contributed by atoms with Gasteiger partial charge in [0.15, 0.2) is 0 Å². The van der Waals surface area contributed by atoms with Crippen LogP contribution in [-0.2, 0) is 23.3 Å². The number of hydrogen-bond acceptors (Lipinski definition) is 3. The largest absolute Gasteiger partial charge is 0.449 e. The highest BCUT2D eigenvalue weighted by Gasteiger charge is 2.43. The number of benzene rings is 2. The Balaban J connectivity index is 2.22. The van der Waals surface area contributed by atoms with E-state index in [4.69, 9.17) is 4.74 Å². The monoisotopic (exact) mass is 543 g/mol. The molecule has 0 saturated heterocycles. The Morgan fingerprint density at radius 2 is 1.46 bits per heavy atom. The van der Waals surface area contributed by atoms with E-state index in [1.165, 1.54) is 6.92 Å². The summed E-state index contributed by atoms with van der Waals surface area (Å²) in [4.78, 5) is 13.7. The van der Waals surface area contributed by atoms with Gasteiger partial charge in [-0.2, -0.15) is 39.5 Å². The van der Waals surface area contributed by atoms with E-state index >= 15 is 0 Å². The van der Waals surface area contributed by atoms with Crippen molar-refractivity contribution in [1.29, 1.82) is 0 Å². The molecule has 1 aliphatic rings. The highest BCUT2D eigenvalue weighted by molar-refractivity contribution is 5.90. The molecule has 1 amide bonds. The zero-order chi connectivity index (χ0) is 27.9. The predicted molar refractivity (Wildman–Crippen MR) is 114 cm³/mol. The number of aliphatic hydroxyl groups is 1. The number of carbonyl (C=O) groups is 1. The normalized spacial score (nSPS) is 19.4. The summed E-state index contributed by atoms with van der Waals surface area (Å²) < 4.78 is 126. The van der Waals surface area contributed by atoms with Crippen molar-refractivity contribution in [3.8, 4) is 0 Å². The van der Waals surface area contributed by atoms with E-state index in [1.807, 2.05) is 0 Å². The molecule has 2 unspecified atom stereocenters. The molecule has 3 rings (SSSR count). The van der Waals surface area contributed by atoms with Crippen molar-refractivity contribution in [1.82, 2.24) is 0 Å². The first-order valence-electron chi connectivity index (χ1n) is 11.1. The summed E-state index contributed by atoms with van der Waals surface area (Å²) in [7, 11) is 0. The van der Waals surface area contributed by atoms with Crippen LogP contribution in [0.5, 0.6) is 0 Å². The van der Waals surface area contributed by atoms with E-state index in [1.54, 1.807) is 6.92 Å². The number of rotatable bonds is 4. The molecule has 204 valence electrons. The summed E-state index contributed by atoms with van der Waals surface area (Å²) in [5.74, 6) is -1.36. The van der Waals surface area contributed by atoms with Gasteiger partial charge in [0.2, 0.25) is 0 Å². The third-order valence-electron chi connectivity index (χ3n) is 6.17. The van der Waals surface area contributed by atoms with E-state index in [0.717, 1.165) is 11.0 Å². The number of carbonyl (C=O) groups excluding carboxylic acids is 1. The minimum atomic E-state index is -5.18. The van der Waals surface area contributed by atoms with Crippen molar-refractivity contribution in [2.45, 2.75) is 63.3 Å². The van der Waals surface area contributed by atoms with Gasteiger partial charge in [-0.05, 0) is 67.3 Å². The van der Waals surface area contributed by atoms with Crippen molar-refractivity contribution in [2.75, 3.05) is 11.5 Å². The predicted octanol–water partition coefficient (Wildman–Crippen LogP) is 7.71. The van der Waals surface area contributed by atoms with Crippen molar-refractivity contribution >= 4 is 11.8 Å². The van der Waals surface area contributed by atoms with Crippen molar-refractivity contribution in [3.05, 3.63) is 64.2 Å². The van der Waals surface area contributed by atoms with E-state index in [0.29, 0.717) is 24.3 Å². The van der Waals surface area contributed by atoms with Crippen LogP contribution < -0.4 is 4.90 Å². The molecule has 0 aliphatic carbocycles. The van der Waals surface area contributed by atoms with Gasteiger partial charge in [0.1, 0.15) is 0 Å².